The molecule has 0 aliphatic carbocycles. The SMILES string of the molecule is CC(C)NCc1csc(S(=O)(=O)NCc2nccs2)c1. The van der Waals surface area contributed by atoms with Crippen molar-refractivity contribution in [2.24, 2.45) is 0 Å². The number of aromatic nitrogens is 1. The summed E-state index contributed by atoms with van der Waals surface area (Å²) in [4.78, 5) is 4.05. The van der Waals surface area contributed by atoms with Crippen molar-refractivity contribution in [3.63, 3.8) is 0 Å². The lowest BCUT2D eigenvalue weighted by Gasteiger charge is -2.05. The van der Waals surface area contributed by atoms with E-state index >= 15 is 0 Å². The Morgan fingerprint density at radius 1 is 1.30 bits per heavy atom. The molecule has 0 amide bonds. The lowest BCUT2D eigenvalue weighted by Crippen LogP contribution is -2.23. The number of rotatable bonds is 7. The van der Waals surface area contributed by atoms with Gasteiger partial charge in [-0.3, -0.25) is 0 Å². The molecule has 2 rings (SSSR count). The number of hydrogen-bond acceptors (Lipinski definition) is 6. The number of hydrogen-bond donors (Lipinski definition) is 2. The Morgan fingerprint density at radius 2 is 2.10 bits per heavy atom. The highest BCUT2D eigenvalue weighted by molar-refractivity contribution is 7.91. The molecule has 0 radical (unpaired) electrons. The normalized spacial score (nSPS) is 12.2. The number of thiazole rings is 1. The van der Waals surface area contributed by atoms with Crippen LogP contribution < -0.4 is 10.0 Å². The van der Waals surface area contributed by atoms with Crippen LogP contribution in [0.1, 0.15) is 24.4 Å². The summed E-state index contributed by atoms with van der Waals surface area (Å²) in [7, 11) is -3.45. The average Bonchev–Trinajstić information content (AvgIpc) is 3.05. The van der Waals surface area contributed by atoms with Crippen molar-refractivity contribution < 1.29 is 8.42 Å². The molecule has 110 valence electrons. The molecule has 0 aliphatic heterocycles. The first-order valence-corrected chi connectivity index (χ1v) is 9.40. The van der Waals surface area contributed by atoms with Crippen LogP contribution in [0.5, 0.6) is 0 Å². The van der Waals surface area contributed by atoms with Gasteiger partial charge in [-0.1, -0.05) is 13.8 Å². The van der Waals surface area contributed by atoms with Crippen LogP contribution in [0.4, 0.5) is 0 Å². The third-order valence-electron chi connectivity index (χ3n) is 2.51. The molecule has 0 saturated heterocycles. The van der Waals surface area contributed by atoms with Gasteiger partial charge in [-0.15, -0.1) is 22.7 Å². The predicted octanol–water partition coefficient (Wildman–Crippen LogP) is 2.18. The third kappa shape index (κ3) is 4.35. The van der Waals surface area contributed by atoms with Crippen LogP contribution in [-0.2, 0) is 23.1 Å². The highest BCUT2D eigenvalue weighted by Crippen LogP contribution is 2.20. The van der Waals surface area contributed by atoms with Crippen molar-refractivity contribution in [2.75, 3.05) is 0 Å². The topological polar surface area (TPSA) is 71.1 Å². The quantitative estimate of drug-likeness (QED) is 0.816. The molecule has 0 unspecified atom stereocenters. The van der Waals surface area contributed by atoms with Crippen LogP contribution >= 0.6 is 22.7 Å². The molecule has 0 aliphatic rings. The highest BCUT2D eigenvalue weighted by atomic mass is 32.2. The van der Waals surface area contributed by atoms with E-state index in [0.717, 1.165) is 10.6 Å². The summed E-state index contributed by atoms with van der Waals surface area (Å²) in [5, 5.41) is 7.71. The Labute approximate surface area is 127 Å². The van der Waals surface area contributed by atoms with E-state index in [4.69, 9.17) is 0 Å². The van der Waals surface area contributed by atoms with Gasteiger partial charge in [0.2, 0.25) is 10.0 Å². The van der Waals surface area contributed by atoms with E-state index in [1.165, 1.54) is 22.7 Å². The minimum absolute atomic E-state index is 0.234. The first-order chi connectivity index (χ1) is 9.47. The smallest absolute Gasteiger partial charge is 0.250 e. The summed E-state index contributed by atoms with van der Waals surface area (Å²) in [6.07, 6.45) is 1.66. The number of nitrogens with zero attached hydrogens (tertiary/aromatic N) is 1. The van der Waals surface area contributed by atoms with Crippen LogP contribution in [-0.4, -0.2) is 19.4 Å². The first kappa shape index (κ1) is 15.6. The summed E-state index contributed by atoms with van der Waals surface area (Å²) in [5.74, 6) is 0. The van der Waals surface area contributed by atoms with Crippen molar-refractivity contribution >= 4 is 32.7 Å². The standard InChI is InChI=1S/C12H17N3O2S3/c1-9(2)14-6-10-5-12(19-8-10)20(16,17)15-7-11-13-3-4-18-11/h3-5,8-9,14-15H,6-7H2,1-2H3. The fraction of sp³-hybridized carbons (Fsp3) is 0.417. The van der Waals surface area contributed by atoms with Gasteiger partial charge in [0.25, 0.3) is 0 Å². The highest BCUT2D eigenvalue weighted by Gasteiger charge is 2.17. The van der Waals surface area contributed by atoms with Gasteiger partial charge in [-0.05, 0) is 17.0 Å². The molecule has 0 fully saturated rings. The largest absolute Gasteiger partial charge is 0.310 e. The predicted molar refractivity (Wildman–Crippen MR) is 82.4 cm³/mol. The molecule has 5 nitrogen and oxygen atoms in total. The fourth-order valence-corrected chi connectivity index (χ4v) is 4.37. The molecule has 2 aromatic heterocycles. The molecule has 2 aromatic rings. The van der Waals surface area contributed by atoms with Gasteiger partial charge in [-0.25, -0.2) is 18.1 Å². The Morgan fingerprint density at radius 3 is 2.75 bits per heavy atom. The maximum atomic E-state index is 12.1. The van der Waals surface area contributed by atoms with E-state index in [2.05, 4.69) is 28.9 Å². The third-order valence-corrected chi connectivity index (χ3v) is 6.18. The van der Waals surface area contributed by atoms with E-state index in [-0.39, 0.29) is 6.54 Å². The van der Waals surface area contributed by atoms with E-state index in [0.29, 0.717) is 16.8 Å². The molecule has 0 saturated carbocycles. The Balaban J connectivity index is 1.98. The number of sulfonamides is 1. The first-order valence-electron chi connectivity index (χ1n) is 6.16. The molecule has 2 heterocycles. The van der Waals surface area contributed by atoms with Gasteiger partial charge in [0.1, 0.15) is 9.22 Å². The molecular formula is C12H17N3O2S3. The monoisotopic (exact) mass is 331 g/mol. The second kappa shape index (κ2) is 6.77. The lowest BCUT2D eigenvalue weighted by atomic mass is 10.3. The summed E-state index contributed by atoms with van der Waals surface area (Å²) in [6, 6.07) is 2.09. The zero-order valence-electron chi connectivity index (χ0n) is 11.3. The summed E-state index contributed by atoms with van der Waals surface area (Å²) in [6.45, 7) is 5.02. The second-order valence-corrected chi connectivity index (χ2v) is 8.44. The molecule has 0 atom stereocenters. The lowest BCUT2D eigenvalue weighted by molar-refractivity contribution is 0.582. The minimum Gasteiger partial charge on any atom is -0.310 e. The fourth-order valence-electron chi connectivity index (χ4n) is 1.48. The molecule has 0 spiro atoms. The van der Waals surface area contributed by atoms with Crippen LogP contribution in [0.3, 0.4) is 0 Å². The van der Waals surface area contributed by atoms with Gasteiger partial charge < -0.3 is 5.32 Å². The zero-order valence-corrected chi connectivity index (χ0v) is 13.7. The Bertz CT molecular complexity index is 633. The van der Waals surface area contributed by atoms with Gasteiger partial charge in [-0.2, -0.15) is 0 Å². The number of nitrogens with one attached hydrogen (secondary N) is 2. The second-order valence-electron chi connectivity index (χ2n) is 4.56. The van der Waals surface area contributed by atoms with Gasteiger partial charge >= 0.3 is 0 Å². The molecule has 0 aromatic carbocycles. The molecule has 2 N–H and O–H groups in total. The molecule has 0 bridgehead atoms. The maximum Gasteiger partial charge on any atom is 0.250 e. The van der Waals surface area contributed by atoms with Crippen molar-refractivity contribution in [1.82, 2.24) is 15.0 Å². The summed E-state index contributed by atoms with van der Waals surface area (Å²) >= 11 is 2.67. The maximum absolute atomic E-state index is 12.1. The van der Waals surface area contributed by atoms with Crippen molar-refractivity contribution in [3.05, 3.63) is 33.6 Å². The number of thiophene rings is 1. The Kier molecular flexibility index (Phi) is 5.28. The van der Waals surface area contributed by atoms with Crippen molar-refractivity contribution in [1.29, 1.82) is 0 Å². The average molecular weight is 331 g/mol. The van der Waals surface area contributed by atoms with E-state index in [1.807, 2.05) is 10.8 Å². The minimum atomic E-state index is -3.45. The molecular weight excluding hydrogens is 314 g/mol. The van der Waals surface area contributed by atoms with Crippen LogP contribution in [0.25, 0.3) is 0 Å². The summed E-state index contributed by atoms with van der Waals surface area (Å²) < 4.78 is 27.2. The van der Waals surface area contributed by atoms with Gasteiger partial charge in [0.15, 0.2) is 0 Å². The van der Waals surface area contributed by atoms with Gasteiger partial charge in [0, 0.05) is 24.2 Å². The van der Waals surface area contributed by atoms with Crippen molar-refractivity contribution in [2.45, 2.75) is 37.2 Å². The zero-order chi connectivity index (χ0) is 14.6. The van der Waals surface area contributed by atoms with Crippen LogP contribution in [0, 0.1) is 0 Å². The van der Waals surface area contributed by atoms with E-state index in [9.17, 15) is 8.42 Å². The Hall–Kier alpha value is -0.800. The molecule has 8 heteroatoms. The van der Waals surface area contributed by atoms with Crippen molar-refractivity contribution in [3.8, 4) is 0 Å². The summed E-state index contributed by atoms with van der Waals surface area (Å²) in [5.41, 5.74) is 0.985. The van der Waals surface area contributed by atoms with Gasteiger partial charge in [0.05, 0.1) is 6.54 Å². The van der Waals surface area contributed by atoms with Crippen LogP contribution in [0.15, 0.2) is 27.2 Å². The van der Waals surface area contributed by atoms with Crippen LogP contribution in [0.2, 0.25) is 0 Å². The van der Waals surface area contributed by atoms with E-state index in [1.54, 1.807) is 12.3 Å². The van der Waals surface area contributed by atoms with E-state index < -0.39 is 10.0 Å². The molecule has 20 heavy (non-hydrogen) atoms.